The molecule has 0 bridgehead atoms. The number of hydrogen-bond acceptors (Lipinski definition) is 3. The topological polar surface area (TPSA) is 48.9 Å². The van der Waals surface area contributed by atoms with Crippen LogP contribution in [0.1, 0.15) is 37.8 Å². The molecule has 26 heavy (non-hydrogen) atoms. The Morgan fingerprint density at radius 3 is 2.65 bits per heavy atom. The number of halogens is 1. The van der Waals surface area contributed by atoms with Gasteiger partial charge in [0.2, 0.25) is 0 Å². The lowest BCUT2D eigenvalue weighted by Crippen LogP contribution is -2.38. The van der Waals surface area contributed by atoms with Crippen molar-refractivity contribution in [2.45, 2.75) is 39.8 Å². The highest BCUT2D eigenvalue weighted by molar-refractivity contribution is 14.0. The summed E-state index contributed by atoms with van der Waals surface area (Å²) in [6, 6.07) is 8.86. The fraction of sp³-hybridized carbons (Fsp3) is 0.650. The van der Waals surface area contributed by atoms with Gasteiger partial charge in [0, 0.05) is 33.3 Å². The first-order chi connectivity index (χ1) is 12.2. The Labute approximate surface area is 176 Å². The zero-order valence-electron chi connectivity index (χ0n) is 16.5. The van der Waals surface area contributed by atoms with Crippen molar-refractivity contribution in [1.82, 2.24) is 15.5 Å². The Bertz CT molecular complexity index is 530. The number of likely N-dealkylation sites (tertiary alicyclic amines) is 1. The molecule has 5 nitrogen and oxygen atoms in total. The molecular formula is C20H35IN4O. The van der Waals surface area contributed by atoms with Gasteiger partial charge in [0.05, 0.1) is 6.61 Å². The highest BCUT2D eigenvalue weighted by atomic mass is 127. The number of benzene rings is 1. The third kappa shape index (κ3) is 8.68. The number of rotatable bonds is 8. The van der Waals surface area contributed by atoms with E-state index in [4.69, 9.17) is 4.74 Å². The second kappa shape index (κ2) is 13.3. The van der Waals surface area contributed by atoms with Crippen LogP contribution in [-0.2, 0) is 17.8 Å². The molecule has 148 valence electrons. The van der Waals surface area contributed by atoms with E-state index in [-0.39, 0.29) is 24.0 Å². The van der Waals surface area contributed by atoms with Crippen molar-refractivity contribution in [3.8, 4) is 0 Å². The summed E-state index contributed by atoms with van der Waals surface area (Å²) in [5, 5.41) is 6.63. The standard InChI is InChI=1S/C20H34N4O.HI/c1-4-25-13-10-22-20(21-3)23-15-18-6-5-7-19(14-18)16-24-11-8-17(2)9-12-24;/h5-7,14,17H,4,8-13,15-16H2,1-3H3,(H2,21,22,23);1H. The summed E-state index contributed by atoms with van der Waals surface area (Å²) in [7, 11) is 1.80. The predicted octanol–water partition coefficient (Wildman–Crippen LogP) is 3.24. The smallest absolute Gasteiger partial charge is 0.191 e. The molecule has 0 aliphatic carbocycles. The fourth-order valence-corrected chi connectivity index (χ4v) is 3.11. The first kappa shape index (κ1) is 23.2. The zero-order valence-corrected chi connectivity index (χ0v) is 18.8. The van der Waals surface area contributed by atoms with Crippen LogP contribution in [0, 0.1) is 5.92 Å². The van der Waals surface area contributed by atoms with Gasteiger partial charge in [-0.1, -0.05) is 31.2 Å². The molecule has 0 atom stereocenters. The normalized spacial score (nSPS) is 16.2. The molecule has 0 unspecified atom stereocenters. The molecule has 2 rings (SSSR count). The molecule has 0 saturated carbocycles. The van der Waals surface area contributed by atoms with Crippen molar-refractivity contribution in [3.63, 3.8) is 0 Å². The second-order valence-corrected chi connectivity index (χ2v) is 6.83. The number of nitrogens with zero attached hydrogens (tertiary/aromatic N) is 2. The third-order valence-corrected chi connectivity index (χ3v) is 4.70. The van der Waals surface area contributed by atoms with E-state index in [1.54, 1.807) is 7.05 Å². The van der Waals surface area contributed by atoms with Crippen LogP contribution in [0.25, 0.3) is 0 Å². The summed E-state index contributed by atoms with van der Waals surface area (Å²) in [5.74, 6) is 1.70. The molecule has 6 heteroatoms. The minimum Gasteiger partial charge on any atom is -0.380 e. The largest absolute Gasteiger partial charge is 0.380 e. The first-order valence-corrected chi connectivity index (χ1v) is 9.53. The third-order valence-electron chi connectivity index (χ3n) is 4.70. The van der Waals surface area contributed by atoms with Gasteiger partial charge >= 0.3 is 0 Å². The molecular weight excluding hydrogens is 439 g/mol. The van der Waals surface area contributed by atoms with E-state index >= 15 is 0 Å². The van der Waals surface area contributed by atoms with Crippen molar-refractivity contribution >= 4 is 29.9 Å². The van der Waals surface area contributed by atoms with E-state index in [1.165, 1.54) is 37.1 Å². The lowest BCUT2D eigenvalue weighted by molar-refractivity contribution is 0.152. The molecule has 1 aliphatic heterocycles. The highest BCUT2D eigenvalue weighted by Gasteiger charge is 2.15. The van der Waals surface area contributed by atoms with Crippen LogP contribution in [0.15, 0.2) is 29.3 Å². The van der Waals surface area contributed by atoms with Crippen molar-refractivity contribution in [1.29, 1.82) is 0 Å². The van der Waals surface area contributed by atoms with Crippen LogP contribution in [0.4, 0.5) is 0 Å². The maximum Gasteiger partial charge on any atom is 0.191 e. The van der Waals surface area contributed by atoms with Crippen molar-refractivity contribution in [3.05, 3.63) is 35.4 Å². The van der Waals surface area contributed by atoms with Crippen LogP contribution < -0.4 is 10.6 Å². The summed E-state index contributed by atoms with van der Waals surface area (Å²) in [6.07, 6.45) is 2.65. The van der Waals surface area contributed by atoms with Crippen molar-refractivity contribution < 1.29 is 4.74 Å². The SMILES string of the molecule is CCOCCNC(=NC)NCc1cccc(CN2CCC(C)CC2)c1.I. The van der Waals surface area contributed by atoms with Crippen LogP contribution in [0.2, 0.25) is 0 Å². The molecule has 0 aromatic heterocycles. The molecule has 1 aliphatic rings. The van der Waals surface area contributed by atoms with Crippen molar-refractivity contribution in [2.75, 3.05) is 39.9 Å². The van der Waals surface area contributed by atoms with Gasteiger partial charge in [-0.25, -0.2) is 0 Å². The molecule has 1 saturated heterocycles. The number of nitrogens with one attached hydrogen (secondary N) is 2. The van der Waals surface area contributed by atoms with Crippen LogP contribution in [0.3, 0.4) is 0 Å². The van der Waals surface area contributed by atoms with Crippen LogP contribution in [-0.4, -0.2) is 50.8 Å². The number of piperidine rings is 1. The molecule has 1 heterocycles. The summed E-state index contributed by atoms with van der Waals surface area (Å²) >= 11 is 0. The fourth-order valence-electron chi connectivity index (χ4n) is 3.11. The summed E-state index contributed by atoms with van der Waals surface area (Å²) in [5.41, 5.74) is 2.68. The van der Waals surface area contributed by atoms with Gasteiger partial charge in [-0.15, -0.1) is 24.0 Å². The summed E-state index contributed by atoms with van der Waals surface area (Å²) in [4.78, 5) is 6.82. The number of aliphatic imine (C=N–C) groups is 1. The van der Waals surface area contributed by atoms with E-state index in [1.807, 2.05) is 6.92 Å². The second-order valence-electron chi connectivity index (χ2n) is 6.83. The molecule has 0 spiro atoms. The van der Waals surface area contributed by atoms with Crippen molar-refractivity contribution in [2.24, 2.45) is 10.9 Å². The Morgan fingerprint density at radius 1 is 1.23 bits per heavy atom. The van der Waals surface area contributed by atoms with Crippen LogP contribution in [0.5, 0.6) is 0 Å². The number of ether oxygens (including phenoxy) is 1. The Hall–Kier alpha value is -0.860. The Balaban J connectivity index is 0.00000338. The zero-order chi connectivity index (χ0) is 17.9. The van der Waals surface area contributed by atoms with Gasteiger partial charge in [-0.05, 0) is 49.9 Å². The van der Waals surface area contributed by atoms with E-state index in [2.05, 4.69) is 51.7 Å². The quantitative estimate of drug-likeness (QED) is 0.263. The average Bonchev–Trinajstić information content (AvgIpc) is 2.63. The van der Waals surface area contributed by atoms with E-state index in [0.29, 0.717) is 6.61 Å². The predicted molar refractivity (Wildman–Crippen MR) is 120 cm³/mol. The van der Waals surface area contributed by atoms with Gasteiger partial charge in [-0.3, -0.25) is 9.89 Å². The molecule has 0 radical (unpaired) electrons. The first-order valence-electron chi connectivity index (χ1n) is 9.53. The van der Waals surface area contributed by atoms with Gasteiger partial charge in [0.15, 0.2) is 5.96 Å². The van der Waals surface area contributed by atoms with E-state index in [9.17, 15) is 0 Å². The number of hydrogen-bond donors (Lipinski definition) is 2. The maximum atomic E-state index is 5.34. The van der Waals surface area contributed by atoms with Gasteiger partial charge in [0.25, 0.3) is 0 Å². The summed E-state index contributed by atoms with van der Waals surface area (Å²) in [6.45, 7) is 10.9. The lowest BCUT2D eigenvalue weighted by atomic mass is 9.98. The lowest BCUT2D eigenvalue weighted by Gasteiger charge is -2.30. The summed E-state index contributed by atoms with van der Waals surface area (Å²) < 4.78 is 5.34. The molecule has 2 N–H and O–H groups in total. The van der Waals surface area contributed by atoms with E-state index in [0.717, 1.165) is 38.1 Å². The Kier molecular flexibility index (Phi) is 11.9. The molecule has 1 aromatic carbocycles. The monoisotopic (exact) mass is 474 g/mol. The Morgan fingerprint density at radius 2 is 1.96 bits per heavy atom. The molecule has 0 amide bonds. The van der Waals surface area contributed by atoms with Crippen LogP contribution >= 0.6 is 24.0 Å². The minimum absolute atomic E-state index is 0. The molecule has 1 fully saturated rings. The minimum atomic E-state index is 0. The highest BCUT2D eigenvalue weighted by Crippen LogP contribution is 2.18. The number of guanidine groups is 1. The van der Waals surface area contributed by atoms with Gasteiger partial charge < -0.3 is 15.4 Å². The average molecular weight is 474 g/mol. The van der Waals surface area contributed by atoms with Gasteiger partial charge in [-0.2, -0.15) is 0 Å². The maximum absolute atomic E-state index is 5.34. The molecule has 1 aromatic rings. The van der Waals surface area contributed by atoms with E-state index < -0.39 is 0 Å². The van der Waals surface area contributed by atoms with Gasteiger partial charge in [0.1, 0.15) is 0 Å².